The van der Waals surface area contributed by atoms with Crippen LogP contribution in [-0.2, 0) is 18.4 Å². The molecule has 1 fully saturated rings. The van der Waals surface area contributed by atoms with Gasteiger partial charge in [0, 0.05) is 26.2 Å². The molecule has 17 heavy (non-hydrogen) atoms. The quantitative estimate of drug-likeness (QED) is 0.852. The standard InChI is InChI=1S/C12H19N3O2/c1-14-9-13-7-11(14)8-15-4-2-10(3-5-15)6-12(16)17/h7,9-10H,2-6,8H2,1H3,(H,16,17). The molecule has 0 unspecified atom stereocenters. The van der Waals surface area contributed by atoms with E-state index in [-0.39, 0.29) is 0 Å². The second-order valence-corrected chi connectivity index (χ2v) is 4.81. The molecule has 0 aromatic carbocycles. The smallest absolute Gasteiger partial charge is 0.303 e. The first-order valence-electron chi connectivity index (χ1n) is 6.04. The molecule has 1 saturated heterocycles. The van der Waals surface area contributed by atoms with Gasteiger partial charge in [0.15, 0.2) is 0 Å². The first kappa shape index (κ1) is 12.1. The van der Waals surface area contributed by atoms with Crippen molar-refractivity contribution in [2.75, 3.05) is 13.1 Å². The van der Waals surface area contributed by atoms with Crippen molar-refractivity contribution in [3.05, 3.63) is 18.2 Å². The molecule has 0 radical (unpaired) electrons. The van der Waals surface area contributed by atoms with Gasteiger partial charge in [-0.1, -0.05) is 0 Å². The number of carboxylic acids is 1. The maximum absolute atomic E-state index is 10.6. The molecular formula is C12H19N3O2. The summed E-state index contributed by atoms with van der Waals surface area (Å²) in [5.74, 6) is -0.314. The molecule has 0 spiro atoms. The average molecular weight is 237 g/mol. The molecule has 5 nitrogen and oxygen atoms in total. The lowest BCUT2D eigenvalue weighted by Gasteiger charge is -2.31. The number of imidazole rings is 1. The van der Waals surface area contributed by atoms with Crippen LogP contribution in [0.1, 0.15) is 25.0 Å². The lowest BCUT2D eigenvalue weighted by atomic mass is 9.93. The molecule has 0 saturated carbocycles. The number of nitrogens with zero attached hydrogens (tertiary/aromatic N) is 3. The van der Waals surface area contributed by atoms with E-state index in [4.69, 9.17) is 5.11 Å². The monoisotopic (exact) mass is 237 g/mol. The van der Waals surface area contributed by atoms with Gasteiger partial charge in [-0.3, -0.25) is 9.69 Å². The van der Waals surface area contributed by atoms with Gasteiger partial charge < -0.3 is 9.67 Å². The van der Waals surface area contributed by atoms with Gasteiger partial charge >= 0.3 is 5.97 Å². The Bertz CT molecular complexity index is 381. The van der Waals surface area contributed by atoms with Gasteiger partial charge in [0.2, 0.25) is 0 Å². The van der Waals surface area contributed by atoms with Crippen LogP contribution < -0.4 is 0 Å². The molecule has 0 atom stereocenters. The molecular weight excluding hydrogens is 218 g/mol. The molecule has 94 valence electrons. The molecule has 1 aliphatic rings. The maximum Gasteiger partial charge on any atom is 0.303 e. The van der Waals surface area contributed by atoms with Gasteiger partial charge in [-0.05, 0) is 31.8 Å². The number of rotatable bonds is 4. The van der Waals surface area contributed by atoms with E-state index in [1.165, 1.54) is 5.69 Å². The summed E-state index contributed by atoms with van der Waals surface area (Å²) in [5, 5.41) is 8.75. The summed E-state index contributed by atoms with van der Waals surface area (Å²) in [6.07, 6.45) is 6.00. The Labute approximate surface area is 101 Å². The average Bonchev–Trinajstić information content (AvgIpc) is 2.67. The molecule has 0 amide bonds. The largest absolute Gasteiger partial charge is 0.481 e. The Kier molecular flexibility index (Phi) is 3.78. The number of aryl methyl sites for hydroxylation is 1. The maximum atomic E-state index is 10.6. The van der Waals surface area contributed by atoms with Crippen LogP contribution in [0.15, 0.2) is 12.5 Å². The minimum Gasteiger partial charge on any atom is -0.481 e. The summed E-state index contributed by atoms with van der Waals surface area (Å²) < 4.78 is 2.03. The highest BCUT2D eigenvalue weighted by Crippen LogP contribution is 2.21. The summed E-state index contributed by atoms with van der Waals surface area (Å²) >= 11 is 0. The van der Waals surface area contributed by atoms with Crippen LogP contribution >= 0.6 is 0 Å². The van der Waals surface area contributed by atoms with Gasteiger partial charge in [-0.15, -0.1) is 0 Å². The Balaban J connectivity index is 1.79. The second-order valence-electron chi connectivity index (χ2n) is 4.81. The van der Waals surface area contributed by atoms with E-state index in [2.05, 4.69) is 9.88 Å². The number of hydrogen-bond donors (Lipinski definition) is 1. The minimum atomic E-state index is -0.671. The van der Waals surface area contributed by atoms with Crippen LogP contribution in [0.25, 0.3) is 0 Å². The lowest BCUT2D eigenvalue weighted by Crippen LogP contribution is -2.34. The van der Waals surface area contributed by atoms with E-state index < -0.39 is 5.97 Å². The summed E-state index contributed by atoms with van der Waals surface area (Å²) in [7, 11) is 2.00. The Morgan fingerprint density at radius 1 is 1.53 bits per heavy atom. The van der Waals surface area contributed by atoms with Crippen molar-refractivity contribution in [1.29, 1.82) is 0 Å². The molecule has 2 rings (SSSR count). The zero-order valence-corrected chi connectivity index (χ0v) is 10.2. The van der Waals surface area contributed by atoms with Crippen LogP contribution in [0.4, 0.5) is 0 Å². The van der Waals surface area contributed by atoms with Crippen molar-refractivity contribution in [3.8, 4) is 0 Å². The van der Waals surface area contributed by atoms with Gasteiger partial charge in [-0.25, -0.2) is 4.98 Å². The highest BCUT2D eigenvalue weighted by atomic mass is 16.4. The van der Waals surface area contributed by atoms with E-state index in [0.717, 1.165) is 32.5 Å². The third kappa shape index (κ3) is 3.30. The number of carbonyl (C=O) groups is 1. The third-order valence-corrected chi connectivity index (χ3v) is 3.47. The number of likely N-dealkylation sites (tertiary alicyclic amines) is 1. The van der Waals surface area contributed by atoms with Crippen LogP contribution in [0.5, 0.6) is 0 Å². The van der Waals surface area contributed by atoms with Gasteiger partial charge in [-0.2, -0.15) is 0 Å². The second kappa shape index (κ2) is 5.31. The fourth-order valence-electron chi connectivity index (χ4n) is 2.36. The number of carboxylic acid groups (broad SMARTS) is 1. The lowest BCUT2D eigenvalue weighted by molar-refractivity contribution is -0.138. The fourth-order valence-corrected chi connectivity index (χ4v) is 2.36. The Morgan fingerprint density at radius 2 is 2.24 bits per heavy atom. The Morgan fingerprint density at radius 3 is 2.76 bits per heavy atom. The predicted octanol–water partition coefficient (Wildman–Crippen LogP) is 1.11. The number of aliphatic carboxylic acids is 1. The summed E-state index contributed by atoms with van der Waals surface area (Å²) in [5.41, 5.74) is 1.21. The number of aromatic nitrogens is 2. The van der Waals surface area contributed by atoms with Crippen LogP contribution in [0.3, 0.4) is 0 Å². The van der Waals surface area contributed by atoms with Crippen LogP contribution in [0, 0.1) is 5.92 Å². The summed E-state index contributed by atoms with van der Waals surface area (Å²) in [6, 6.07) is 0. The zero-order chi connectivity index (χ0) is 12.3. The van der Waals surface area contributed by atoms with E-state index >= 15 is 0 Å². The summed E-state index contributed by atoms with van der Waals surface area (Å²) in [6.45, 7) is 2.89. The first-order valence-corrected chi connectivity index (χ1v) is 6.04. The summed E-state index contributed by atoms with van der Waals surface area (Å²) in [4.78, 5) is 17.1. The molecule has 1 aromatic rings. The van der Waals surface area contributed by atoms with Crippen molar-refractivity contribution < 1.29 is 9.90 Å². The zero-order valence-electron chi connectivity index (χ0n) is 10.2. The van der Waals surface area contributed by atoms with Crippen LogP contribution in [-0.4, -0.2) is 38.6 Å². The number of hydrogen-bond acceptors (Lipinski definition) is 3. The number of piperidine rings is 1. The highest BCUT2D eigenvalue weighted by molar-refractivity contribution is 5.67. The first-order chi connectivity index (χ1) is 8.15. The molecule has 1 aromatic heterocycles. The van der Waals surface area contributed by atoms with Crippen molar-refractivity contribution >= 4 is 5.97 Å². The van der Waals surface area contributed by atoms with E-state index in [0.29, 0.717) is 12.3 Å². The molecule has 5 heteroatoms. The molecule has 0 bridgehead atoms. The van der Waals surface area contributed by atoms with Crippen molar-refractivity contribution in [3.63, 3.8) is 0 Å². The van der Waals surface area contributed by atoms with Gasteiger partial charge in [0.1, 0.15) is 0 Å². The van der Waals surface area contributed by atoms with Crippen molar-refractivity contribution in [2.24, 2.45) is 13.0 Å². The Hall–Kier alpha value is -1.36. The molecule has 1 N–H and O–H groups in total. The highest BCUT2D eigenvalue weighted by Gasteiger charge is 2.21. The predicted molar refractivity (Wildman–Crippen MR) is 63.5 cm³/mol. The van der Waals surface area contributed by atoms with Crippen molar-refractivity contribution in [2.45, 2.75) is 25.8 Å². The van der Waals surface area contributed by atoms with E-state index in [1.807, 2.05) is 24.1 Å². The minimum absolute atomic E-state index is 0.319. The van der Waals surface area contributed by atoms with Crippen molar-refractivity contribution in [1.82, 2.24) is 14.5 Å². The van der Waals surface area contributed by atoms with Gasteiger partial charge in [0.05, 0.1) is 12.0 Å². The molecule has 1 aliphatic heterocycles. The molecule has 0 aliphatic carbocycles. The van der Waals surface area contributed by atoms with E-state index in [9.17, 15) is 4.79 Å². The normalized spacial score (nSPS) is 18.4. The fraction of sp³-hybridized carbons (Fsp3) is 0.667. The topological polar surface area (TPSA) is 58.4 Å². The van der Waals surface area contributed by atoms with Crippen LogP contribution in [0.2, 0.25) is 0 Å². The SMILES string of the molecule is Cn1cncc1CN1CCC(CC(=O)O)CC1. The van der Waals surface area contributed by atoms with Gasteiger partial charge in [0.25, 0.3) is 0 Å². The van der Waals surface area contributed by atoms with E-state index in [1.54, 1.807) is 0 Å². The molecule has 2 heterocycles. The third-order valence-electron chi connectivity index (χ3n) is 3.47.